The second-order valence-electron chi connectivity index (χ2n) is 3.06. The van der Waals surface area contributed by atoms with Gasteiger partial charge in [-0.05, 0) is 20.8 Å². The molecule has 0 saturated carbocycles. The summed E-state index contributed by atoms with van der Waals surface area (Å²) in [6.45, 7) is 8.99. The van der Waals surface area contributed by atoms with Crippen LogP contribution in [0.2, 0.25) is 0 Å². The molecule has 0 amide bonds. The van der Waals surface area contributed by atoms with Gasteiger partial charge in [-0.25, -0.2) is 0 Å². The molecule has 0 fully saturated rings. The van der Waals surface area contributed by atoms with E-state index in [0.717, 1.165) is 5.57 Å². The summed E-state index contributed by atoms with van der Waals surface area (Å²) in [5, 5.41) is 8.70. The van der Waals surface area contributed by atoms with Crippen molar-refractivity contribution in [1.29, 1.82) is 0 Å². The fourth-order valence-corrected chi connectivity index (χ4v) is 1.10. The Morgan fingerprint density at radius 2 is 2.09 bits per heavy atom. The predicted octanol–water partition coefficient (Wildman–Crippen LogP) is 2.16. The molecule has 2 nitrogen and oxygen atoms in total. The number of carbonyl (C=O) groups is 1. The third-order valence-electron chi connectivity index (χ3n) is 1.19. The van der Waals surface area contributed by atoms with Gasteiger partial charge in [0.25, 0.3) is 0 Å². The van der Waals surface area contributed by atoms with Crippen LogP contribution in [0.4, 0.5) is 0 Å². The molecule has 0 aliphatic carbocycles. The lowest BCUT2D eigenvalue weighted by molar-refractivity contribution is -0.138. The minimum Gasteiger partial charge on any atom is -0.480 e. The van der Waals surface area contributed by atoms with E-state index < -0.39 is 10.7 Å². The standard InChI is InChI=1S/C8H14O2S/c1-6(2)5-11-8(3,4)7(9)10/h1,5H2,2-4H3,(H,9,10). The fraction of sp³-hybridized carbons (Fsp3) is 0.625. The van der Waals surface area contributed by atoms with E-state index in [-0.39, 0.29) is 0 Å². The molecule has 64 valence electrons. The highest BCUT2D eigenvalue weighted by molar-refractivity contribution is 8.01. The average Bonchev–Trinajstić information content (AvgIpc) is 1.84. The van der Waals surface area contributed by atoms with E-state index in [9.17, 15) is 4.79 Å². The second kappa shape index (κ2) is 3.81. The zero-order valence-corrected chi connectivity index (χ0v) is 7.99. The van der Waals surface area contributed by atoms with Gasteiger partial charge in [0.1, 0.15) is 4.75 Å². The predicted molar refractivity (Wildman–Crippen MR) is 49.0 cm³/mol. The lowest BCUT2D eigenvalue weighted by Crippen LogP contribution is -2.27. The number of thioether (sulfide) groups is 1. The molecule has 0 rings (SSSR count). The van der Waals surface area contributed by atoms with Crippen LogP contribution in [-0.4, -0.2) is 21.6 Å². The SMILES string of the molecule is C=C(C)CSC(C)(C)C(=O)O. The molecule has 0 heterocycles. The molecule has 0 bridgehead atoms. The van der Waals surface area contributed by atoms with Gasteiger partial charge < -0.3 is 5.11 Å². The number of hydrogen-bond donors (Lipinski definition) is 1. The second-order valence-corrected chi connectivity index (χ2v) is 4.66. The molecule has 0 aromatic carbocycles. The number of rotatable bonds is 4. The maximum absolute atomic E-state index is 10.6. The van der Waals surface area contributed by atoms with Crippen LogP contribution in [0.25, 0.3) is 0 Å². The van der Waals surface area contributed by atoms with E-state index in [1.54, 1.807) is 13.8 Å². The highest BCUT2D eigenvalue weighted by Gasteiger charge is 2.26. The zero-order chi connectivity index (χ0) is 9.07. The summed E-state index contributed by atoms with van der Waals surface area (Å²) in [6, 6.07) is 0. The van der Waals surface area contributed by atoms with E-state index in [2.05, 4.69) is 6.58 Å². The van der Waals surface area contributed by atoms with Crippen molar-refractivity contribution in [1.82, 2.24) is 0 Å². The molecule has 0 radical (unpaired) electrons. The Kier molecular flexibility index (Phi) is 3.66. The van der Waals surface area contributed by atoms with Gasteiger partial charge in [0.2, 0.25) is 0 Å². The fourth-order valence-electron chi connectivity index (χ4n) is 0.365. The molecule has 0 aromatic heterocycles. The molecule has 0 aromatic rings. The Morgan fingerprint density at radius 3 is 2.36 bits per heavy atom. The molecule has 0 unspecified atom stereocenters. The Hall–Kier alpha value is -0.440. The number of carboxylic acid groups (broad SMARTS) is 1. The molecule has 3 heteroatoms. The largest absolute Gasteiger partial charge is 0.480 e. The quantitative estimate of drug-likeness (QED) is 0.664. The van der Waals surface area contributed by atoms with Crippen molar-refractivity contribution in [2.24, 2.45) is 0 Å². The van der Waals surface area contributed by atoms with Crippen LogP contribution in [0.15, 0.2) is 12.2 Å². The lowest BCUT2D eigenvalue weighted by atomic mass is 10.2. The lowest BCUT2D eigenvalue weighted by Gasteiger charge is -2.17. The van der Waals surface area contributed by atoms with Crippen molar-refractivity contribution < 1.29 is 9.90 Å². The maximum atomic E-state index is 10.6. The average molecular weight is 174 g/mol. The van der Waals surface area contributed by atoms with Gasteiger partial charge in [-0.3, -0.25) is 4.79 Å². The van der Waals surface area contributed by atoms with Crippen LogP contribution in [-0.2, 0) is 4.79 Å². The summed E-state index contributed by atoms with van der Waals surface area (Å²) in [7, 11) is 0. The summed E-state index contributed by atoms with van der Waals surface area (Å²) >= 11 is 1.40. The summed E-state index contributed by atoms with van der Waals surface area (Å²) in [6.07, 6.45) is 0. The van der Waals surface area contributed by atoms with Gasteiger partial charge in [0.05, 0.1) is 0 Å². The Labute approximate surface area is 71.7 Å². The first-order valence-electron chi connectivity index (χ1n) is 3.38. The summed E-state index contributed by atoms with van der Waals surface area (Å²) < 4.78 is -0.695. The first-order valence-corrected chi connectivity index (χ1v) is 4.36. The monoisotopic (exact) mass is 174 g/mol. The van der Waals surface area contributed by atoms with Crippen LogP contribution in [0.1, 0.15) is 20.8 Å². The van der Waals surface area contributed by atoms with E-state index in [4.69, 9.17) is 5.11 Å². The minimum atomic E-state index is -0.774. The van der Waals surface area contributed by atoms with Crippen LogP contribution in [0.3, 0.4) is 0 Å². The van der Waals surface area contributed by atoms with Crippen LogP contribution in [0, 0.1) is 0 Å². The first-order chi connectivity index (χ1) is 4.86. The van der Waals surface area contributed by atoms with Crippen molar-refractivity contribution in [3.05, 3.63) is 12.2 Å². The third kappa shape index (κ3) is 4.09. The summed E-state index contributed by atoms with van der Waals surface area (Å²) in [4.78, 5) is 10.6. The minimum absolute atomic E-state index is 0.695. The van der Waals surface area contributed by atoms with E-state index >= 15 is 0 Å². The molecule has 11 heavy (non-hydrogen) atoms. The van der Waals surface area contributed by atoms with Gasteiger partial charge in [-0.1, -0.05) is 12.2 Å². The molecular formula is C8H14O2S. The van der Waals surface area contributed by atoms with Gasteiger partial charge in [-0.15, -0.1) is 11.8 Å². The van der Waals surface area contributed by atoms with Crippen molar-refractivity contribution in [2.45, 2.75) is 25.5 Å². The summed E-state index contributed by atoms with van der Waals surface area (Å²) in [5.74, 6) is -0.0667. The molecule has 0 saturated heterocycles. The number of carboxylic acids is 1. The molecule has 1 N–H and O–H groups in total. The third-order valence-corrected chi connectivity index (χ3v) is 2.73. The van der Waals surface area contributed by atoms with E-state index in [1.807, 2.05) is 6.92 Å². The number of hydrogen-bond acceptors (Lipinski definition) is 2. The molecule has 0 atom stereocenters. The van der Waals surface area contributed by atoms with Crippen molar-refractivity contribution in [2.75, 3.05) is 5.75 Å². The number of aliphatic carboxylic acids is 1. The van der Waals surface area contributed by atoms with Crippen molar-refractivity contribution in [3.63, 3.8) is 0 Å². The molecule has 0 aliphatic rings. The maximum Gasteiger partial charge on any atom is 0.319 e. The van der Waals surface area contributed by atoms with Gasteiger partial charge in [0, 0.05) is 5.75 Å². The molecule has 0 spiro atoms. The van der Waals surface area contributed by atoms with Crippen LogP contribution < -0.4 is 0 Å². The van der Waals surface area contributed by atoms with Gasteiger partial charge >= 0.3 is 5.97 Å². The smallest absolute Gasteiger partial charge is 0.319 e. The Balaban J connectivity index is 3.92. The first kappa shape index (κ1) is 10.6. The van der Waals surface area contributed by atoms with Crippen molar-refractivity contribution >= 4 is 17.7 Å². The van der Waals surface area contributed by atoms with Gasteiger partial charge in [0.15, 0.2) is 0 Å². The molecular weight excluding hydrogens is 160 g/mol. The van der Waals surface area contributed by atoms with Gasteiger partial charge in [-0.2, -0.15) is 0 Å². The topological polar surface area (TPSA) is 37.3 Å². The Bertz CT molecular complexity index is 173. The zero-order valence-electron chi connectivity index (χ0n) is 7.18. The van der Waals surface area contributed by atoms with E-state index in [0.29, 0.717) is 5.75 Å². The summed E-state index contributed by atoms with van der Waals surface area (Å²) in [5.41, 5.74) is 1.00. The van der Waals surface area contributed by atoms with Crippen LogP contribution in [0.5, 0.6) is 0 Å². The normalized spacial score (nSPS) is 11.2. The highest BCUT2D eigenvalue weighted by Crippen LogP contribution is 2.25. The van der Waals surface area contributed by atoms with E-state index in [1.165, 1.54) is 11.8 Å². The van der Waals surface area contributed by atoms with Crippen molar-refractivity contribution in [3.8, 4) is 0 Å². The highest BCUT2D eigenvalue weighted by atomic mass is 32.2. The van der Waals surface area contributed by atoms with Crippen LogP contribution >= 0.6 is 11.8 Å². The Morgan fingerprint density at radius 1 is 1.64 bits per heavy atom. The molecule has 0 aliphatic heterocycles.